The van der Waals surface area contributed by atoms with Gasteiger partial charge in [0, 0.05) is 113 Å². The number of aromatic nitrogens is 2. The minimum absolute atomic E-state index is 0.0518. The molecule has 6 aromatic rings. The van der Waals surface area contributed by atoms with Gasteiger partial charge in [0.2, 0.25) is 0 Å². The van der Waals surface area contributed by atoms with E-state index in [4.69, 9.17) is 14.2 Å². The van der Waals surface area contributed by atoms with Crippen LogP contribution in [0.25, 0.3) is 11.0 Å². The number of carbonyl (C=O) groups is 1. The fourth-order valence-corrected chi connectivity index (χ4v) is 11.6. The normalized spacial score (nSPS) is 18.4. The highest BCUT2D eigenvalue weighted by atomic mass is 32.2. The number of nitrogens with one attached hydrogen (secondary N) is 3. The zero-order valence-corrected chi connectivity index (χ0v) is 42.7. The number of fused-ring (bicyclic) bond motifs is 1. The maximum atomic E-state index is 15.3. The third-order valence-electron chi connectivity index (χ3n) is 14.8. The van der Waals surface area contributed by atoms with E-state index in [-0.39, 0.29) is 55.6 Å². The molecule has 4 aromatic carbocycles. The first-order valence-electron chi connectivity index (χ1n) is 25.2. The second-order valence-electron chi connectivity index (χ2n) is 20.0. The second kappa shape index (κ2) is 22.3. The van der Waals surface area contributed by atoms with Crippen molar-refractivity contribution in [2.24, 2.45) is 5.92 Å². The van der Waals surface area contributed by atoms with Crippen LogP contribution in [0.2, 0.25) is 0 Å². The number of carbonyl (C=O) groups excluding carboxylic acids is 1. The molecule has 0 radical (unpaired) electrons. The number of methoxy groups -OCH3 is 1. The van der Waals surface area contributed by atoms with Gasteiger partial charge in [-0.1, -0.05) is 50.2 Å². The lowest BCUT2D eigenvalue weighted by molar-refractivity contribution is -0.384. The summed E-state index contributed by atoms with van der Waals surface area (Å²) in [4.78, 5) is 40.0. The Morgan fingerprint density at radius 2 is 1.73 bits per heavy atom. The summed E-state index contributed by atoms with van der Waals surface area (Å²) in [7, 11) is -2.96. The van der Waals surface area contributed by atoms with Crippen molar-refractivity contribution in [1.29, 1.82) is 0 Å². The summed E-state index contributed by atoms with van der Waals surface area (Å²) in [5.74, 6) is 1.19. The number of sulfonamides is 1. The number of ether oxygens (including phenoxy) is 3. The molecule has 16 nitrogen and oxygen atoms in total. The molecule has 3 aliphatic rings. The standard InChI is InChI=1S/C55H65FN8O8S/c1-37(2)46-7-5-6-8-47(46)51-35-61(34-40-9-12-43(70-4)13-10-40)25-26-63(51)38(3)29-39-18-23-62(24-19-39)42-11-15-48(52(31-42)72-44-30-41-17-22-57-53(41)58-33-44)54(65)60-73(68,69)45-14-16-49(50(32-45)64(66)67)59-36-55(56)20-27-71-28-21-55/h5-17,22,30-33,37-39,51,59H,18-21,23-29,34-36H2,1-4H3,(H,57,58)(H,60,65)/t38?,51-/m1/s1. The lowest BCUT2D eigenvalue weighted by Gasteiger charge is -2.46. The highest BCUT2D eigenvalue weighted by molar-refractivity contribution is 7.90. The summed E-state index contributed by atoms with van der Waals surface area (Å²) in [6, 6.07) is 29.8. The van der Waals surface area contributed by atoms with Crippen molar-refractivity contribution >= 4 is 44.0 Å². The summed E-state index contributed by atoms with van der Waals surface area (Å²) >= 11 is 0. The van der Waals surface area contributed by atoms with Gasteiger partial charge in [-0.05, 0) is 103 Å². The molecule has 1 unspecified atom stereocenters. The van der Waals surface area contributed by atoms with Gasteiger partial charge in [0.15, 0.2) is 0 Å². The molecule has 3 fully saturated rings. The van der Waals surface area contributed by atoms with E-state index in [9.17, 15) is 23.3 Å². The zero-order valence-electron chi connectivity index (χ0n) is 41.9. The molecule has 18 heteroatoms. The molecular weight excluding hydrogens is 952 g/mol. The Bertz CT molecular complexity index is 3010. The summed E-state index contributed by atoms with van der Waals surface area (Å²) in [5, 5.41) is 15.7. The highest BCUT2D eigenvalue weighted by Crippen LogP contribution is 2.38. The van der Waals surface area contributed by atoms with Gasteiger partial charge >= 0.3 is 0 Å². The predicted molar refractivity (Wildman–Crippen MR) is 280 cm³/mol. The molecular formula is C55H65FN8O8S. The predicted octanol–water partition coefficient (Wildman–Crippen LogP) is 10.00. The maximum absolute atomic E-state index is 15.3. The SMILES string of the molecule is COc1ccc(CN2CCN(C(C)CC3CCN(c4ccc(C(=O)NS(=O)(=O)c5ccc(NCC6(F)CCOCC6)c([N+](=O)[O-])c5)c(Oc5cnc6[nH]ccc6c5)c4)CC3)[C@@H](c3ccccc3C(C)C)C2)cc1. The minimum atomic E-state index is -4.65. The van der Waals surface area contributed by atoms with Crippen molar-refractivity contribution in [2.45, 2.75) is 88.0 Å². The van der Waals surface area contributed by atoms with Crippen molar-refractivity contribution in [1.82, 2.24) is 24.5 Å². The van der Waals surface area contributed by atoms with Gasteiger partial charge in [-0.2, -0.15) is 0 Å². The average molecular weight is 1020 g/mol. The van der Waals surface area contributed by atoms with Gasteiger partial charge < -0.3 is 29.4 Å². The number of piperazine rings is 1. The third-order valence-corrected chi connectivity index (χ3v) is 16.1. The highest BCUT2D eigenvalue weighted by Gasteiger charge is 2.36. The Balaban J connectivity index is 0.893. The topological polar surface area (TPSA) is 184 Å². The number of amides is 1. The molecule has 0 spiro atoms. The van der Waals surface area contributed by atoms with E-state index >= 15 is 4.39 Å². The number of anilines is 2. The number of nitro benzene ring substituents is 1. The zero-order chi connectivity index (χ0) is 51.3. The molecule has 386 valence electrons. The molecule has 2 aromatic heterocycles. The first-order chi connectivity index (χ1) is 35.1. The van der Waals surface area contributed by atoms with Crippen LogP contribution in [0, 0.1) is 16.0 Å². The Hall–Kier alpha value is -6.60. The molecule has 3 saturated heterocycles. The van der Waals surface area contributed by atoms with Gasteiger partial charge in [0.05, 0.1) is 28.7 Å². The van der Waals surface area contributed by atoms with Gasteiger partial charge in [-0.3, -0.25) is 24.7 Å². The Labute approximate surface area is 426 Å². The lowest BCUT2D eigenvalue weighted by Crippen LogP contribution is -2.52. The van der Waals surface area contributed by atoms with Gasteiger partial charge in [-0.25, -0.2) is 22.5 Å². The van der Waals surface area contributed by atoms with Gasteiger partial charge in [0.25, 0.3) is 21.6 Å². The summed E-state index contributed by atoms with van der Waals surface area (Å²) in [5.41, 5.74) is 3.18. The van der Waals surface area contributed by atoms with E-state index in [1.54, 1.807) is 31.5 Å². The molecule has 2 atom stereocenters. The molecule has 1 amide bonds. The minimum Gasteiger partial charge on any atom is -0.497 e. The van der Waals surface area contributed by atoms with E-state index in [0.29, 0.717) is 29.3 Å². The number of alkyl halides is 1. The number of halogens is 1. The first-order valence-corrected chi connectivity index (χ1v) is 26.7. The fourth-order valence-electron chi connectivity index (χ4n) is 10.6. The number of rotatable bonds is 18. The van der Waals surface area contributed by atoms with Crippen LogP contribution in [0.15, 0.2) is 114 Å². The van der Waals surface area contributed by atoms with E-state index in [1.165, 1.54) is 35.0 Å². The van der Waals surface area contributed by atoms with Crippen molar-refractivity contribution < 1.29 is 36.7 Å². The molecule has 9 rings (SSSR count). The smallest absolute Gasteiger partial charge is 0.293 e. The van der Waals surface area contributed by atoms with Crippen molar-refractivity contribution in [3.05, 3.63) is 142 Å². The summed E-state index contributed by atoms with van der Waals surface area (Å²) in [6.45, 7) is 12.5. The van der Waals surface area contributed by atoms with E-state index in [2.05, 4.69) is 91.9 Å². The number of hydrogen-bond donors (Lipinski definition) is 3. The van der Waals surface area contributed by atoms with Crippen LogP contribution in [0.1, 0.15) is 91.9 Å². The number of hydrogen-bond acceptors (Lipinski definition) is 13. The van der Waals surface area contributed by atoms with Gasteiger partial charge in [0.1, 0.15) is 34.3 Å². The number of aromatic amines is 1. The van der Waals surface area contributed by atoms with Crippen molar-refractivity contribution in [3.8, 4) is 17.2 Å². The second-order valence-corrected chi connectivity index (χ2v) is 21.7. The molecule has 5 heterocycles. The number of pyridine rings is 1. The maximum Gasteiger partial charge on any atom is 0.293 e. The Morgan fingerprint density at radius 1 is 0.959 bits per heavy atom. The average Bonchev–Trinajstić information content (AvgIpc) is 3.87. The van der Waals surface area contributed by atoms with Crippen molar-refractivity contribution in [2.75, 3.05) is 69.8 Å². The molecule has 3 N–H and O–H groups in total. The number of nitro groups is 1. The van der Waals surface area contributed by atoms with Crippen molar-refractivity contribution in [3.63, 3.8) is 0 Å². The van der Waals surface area contributed by atoms with Crippen LogP contribution in [0.4, 0.5) is 21.5 Å². The van der Waals surface area contributed by atoms with Crippen LogP contribution in [-0.2, 0) is 21.3 Å². The Morgan fingerprint density at radius 3 is 2.47 bits per heavy atom. The number of nitrogens with zero attached hydrogens (tertiary/aromatic N) is 5. The van der Waals surface area contributed by atoms with E-state index in [1.807, 2.05) is 18.2 Å². The van der Waals surface area contributed by atoms with Crippen LogP contribution < -0.4 is 24.4 Å². The molecule has 3 aliphatic heterocycles. The first kappa shape index (κ1) is 51.3. The van der Waals surface area contributed by atoms with Crippen LogP contribution in [-0.4, -0.2) is 110 Å². The van der Waals surface area contributed by atoms with E-state index in [0.717, 1.165) is 87.5 Å². The summed E-state index contributed by atoms with van der Waals surface area (Å²) in [6.07, 6.45) is 6.49. The lowest BCUT2D eigenvalue weighted by atomic mass is 9.87. The van der Waals surface area contributed by atoms with Crippen LogP contribution in [0.3, 0.4) is 0 Å². The molecule has 0 bridgehead atoms. The number of benzene rings is 4. The van der Waals surface area contributed by atoms with E-state index < -0.39 is 37.1 Å². The largest absolute Gasteiger partial charge is 0.497 e. The Kier molecular flexibility index (Phi) is 15.6. The quantitative estimate of drug-likeness (QED) is 0.0547. The monoisotopic (exact) mass is 1020 g/mol. The van der Waals surface area contributed by atoms with Gasteiger partial charge in [-0.15, -0.1) is 0 Å². The molecule has 0 aliphatic carbocycles. The summed E-state index contributed by atoms with van der Waals surface area (Å²) < 4.78 is 62.0. The van der Waals surface area contributed by atoms with Crippen LogP contribution >= 0.6 is 0 Å². The van der Waals surface area contributed by atoms with Crippen LogP contribution in [0.5, 0.6) is 17.2 Å². The molecule has 0 saturated carbocycles. The number of H-pyrrole nitrogens is 1. The third kappa shape index (κ3) is 12.1. The molecule has 73 heavy (non-hydrogen) atoms. The number of piperidine rings is 1. The fraction of sp³-hybridized carbons (Fsp3) is 0.418.